The topological polar surface area (TPSA) is 71.8 Å². The lowest BCUT2D eigenvalue weighted by atomic mass is 10.1. The number of nitro groups is 1. The number of benzene rings is 4. The van der Waals surface area contributed by atoms with Crippen LogP contribution in [0.3, 0.4) is 0 Å². The Balaban J connectivity index is 1.59. The lowest BCUT2D eigenvalue weighted by Crippen LogP contribution is -1.93. The molecule has 0 atom stereocenters. The van der Waals surface area contributed by atoms with Gasteiger partial charge in [-0.3, -0.25) is 10.1 Å². The van der Waals surface area contributed by atoms with Gasteiger partial charge < -0.3 is 4.98 Å². The third-order valence-corrected chi connectivity index (χ3v) is 6.53. The Kier molecular flexibility index (Phi) is 6.16. The van der Waals surface area contributed by atoms with Gasteiger partial charge >= 0.3 is 0 Å². The van der Waals surface area contributed by atoms with Crippen LogP contribution in [0.2, 0.25) is 5.02 Å². The first kappa shape index (κ1) is 21.9. The summed E-state index contributed by atoms with van der Waals surface area (Å²) in [6, 6.07) is 32.6. The summed E-state index contributed by atoms with van der Waals surface area (Å²) in [6.07, 6.45) is 0. The molecule has 0 aliphatic rings. The fourth-order valence-corrected chi connectivity index (χ4v) is 4.70. The molecule has 1 aromatic heterocycles. The number of rotatable bonds is 6. The number of aromatic nitrogens is 2. The van der Waals surface area contributed by atoms with Crippen LogP contribution in [0.1, 0.15) is 0 Å². The Morgan fingerprint density at radius 2 is 1.44 bits per heavy atom. The Labute approximate surface area is 205 Å². The minimum Gasteiger partial charge on any atom is -0.337 e. The minimum atomic E-state index is -0.425. The van der Waals surface area contributed by atoms with E-state index >= 15 is 0 Å². The van der Waals surface area contributed by atoms with Gasteiger partial charge in [-0.1, -0.05) is 84.0 Å². The molecule has 0 amide bonds. The number of nitrogens with zero attached hydrogens (tertiary/aromatic N) is 2. The van der Waals surface area contributed by atoms with Gasteiger partial charge in [-0.2, -0.15) is 0 Å². The van der Waals surface area contributed by atoms with Gasteiger partial charge in [0.2, 0.25) is 0 Å². The van der Waals surface area contributed by atoms with Crippen LogP contribution in [0.25, 0.3) is 33.9 Å². The van der Waals surface area contributed by atoms with Crippen molar-refractivity contribution in [3.05, 3.63) is 118 Å². The van der Waals surface area contributed by atoms with E-state index in [1.807, 2.05) is 60.7 Å². The van der Waals surface area contributed by atoms with Crippen LogP contribution < -0.4 is 0 Å². The molecule has 0 saturated carbocycles. The molecule has 0 saturated heterocycles. The van der Waals surface area contributed by atoms with E-state index in [-0.39, 0.29) is 5.69 Å². The predicted octanol–water partition coefficient (Wildman–Crippen LogP) is 8.12. The van der Waals surface area contributed by atoms with Crippen molar-refractivity contribution in [2.75, 3.05) is 0 Å². The number of aromatic amines is 1. The van der Waals surface area contributed by atoms with E-state index < -0.39 is 4.92 Å². The Hall–Kier alpha value is -3.87. The largest absolute Gasteiger partial charge is 0.337 e. The third kappa shape index (κ3) is 4.59. The fourth-order valence-electron chi connectivity index (χ4n) is 3.69. The molecule has 0 fully saturated rings. The fraction of sp³-hybridized carbons (Fsp3) is 0. The van der Waals surface area contributed by atoms with Crippen LogP contribution in [0.15, 0.2) is 113 Å². The third-order valence-electron chi connectivity index (χ3n) is 5.28. The van der Waals surface area contributed by atoms with E-state index in [0.29, 0.717) is 22.1 Å². The molecule has 0 spiro atoms. The van der Waals surface area contributed by atoms with Crippen molar-refractivity contribution >= 4 is 29.1 Å². The van der Waals surface area contributed by atoms with Gasteiger partial charge in [0, 0.05) is 32.0 Å². The van der Waals surface area contributed by atoms with E-state index in [4.69, 9.17) is 16.6 Å². The maximum absolute atomic E-state index is 11.6. The molecule has 0 bridgehead atoms. The van der Waals surface area contributed by atoms with Crippen molar-refractivity contribution in [3.63, 3.8) is 0 Å². The quantitative estimate of drug-likeness (QED) is 0.195. The lowest BCUT2D eigenvalue weighted by molar-refractivity contribution is -0.384. The molecule has 34 heavy (non-hydrogen) atoms. The van der Waals surface area contributed by atoms with Crippen LogP contribution in [0.5, 0.6) is 0 Å². The SMILES string of the molecule is O=[N+]([O-])c1ccc(Cl)cc1-c1nc(-c2ccccc2)c(-c2ccc(Sc3ccccc3)cc2)[nH]1. The van der Waals surface area contributed by atoms with E-state index in [1.54, 1.807) is 17.8 Å². The molecule has 1 heterocycles. The summed E-state index contributed by atoms with van der Waals surface area (Å²) in [5, 5.41) is 12.0. The standard InChI is InChI=1S/C27H18ClN3O2S/c28-20-13-16-24(31(32)33)23(17-20)27-29-25(18-7-3-1-4-8-18)26(30-27)19-11-14-22(15-12-19)34-21-9-5-2-6-10-21/h1-17H,(H,29,30). The average Bonchev–Trinajstić information content (AvgIpc) is 3.31. The zero-order valence-electron chi connectivity index (χ0n) is 17.8. The lowest BCUT2D eigenvalue weighted by Gasteiger charge is -2.06. The molecule has 5 aromatic rings. The van der Waals surface area contributed by atoms with Crippen LogP contribution >= 0.6 is 23.4 Å². The molecule has 4 aromatic carbocycles. The molecule has 1 N–H and O–H groups in total. The minimum absolute atomic E-state index is 0.0566. The second kappa shape index (κ2) is 9.55. The maximum Gasteiger partial charge on any atom is 0.280 e. The first-order valence-corrected chi connectivity index (χ1v) is 11.7. The van der Waals surface area contributed by atoms with Crippen LogP contribution in [-0.4, -0.2) is 14.9 Å². The van der Waals surface area contributed by atoms with Gasteiger partial charge in [-0.25, -0.2) is 4.98 Å². The number of imidazole rings is 1. The van der Waals surface area contributed by atoms with Gasteiger partial charge in [0.1, 0.15) is 5.82 Å². The van der Waals surface area contributed by atoms with E-state index in [1.165, 1.54) is 12.1 Å². The Bertz CT molecular complexity index is 1450. The number of nitrogens with one attached hydrogen (secondary N) is 1. The van der Waals surface area contributed by atoms with Gasteiger partial charge in [0.15, 0.2) is 0 Å². The highest BCUT2D eigenvalue weighted by atomic mass is 35.5. The predicted molar refractivity (Wildman–Crippen MR) is 137 cm³/mol. The van der Waals surface area contributed by atoms with E-state index in [2.05, 4.69) is 29.2 Å². The monoisotopic (exact) mass is 483 g/mol. The highest BCUT2D eigenvalue weighted by Gasteiger charge is 2.22. The Morgan fingerprint density at radius 3 is 2.12 bits per heavy atom. The number of H-pyrrole nitrogens is 1. The molecule has 0 radical (unpaired) electrons. The zero-order valence-corrected chi connectivity index (χ0v) is 19.4. The smallest absolute Gasteiger partial charge is 0.280 e. The molecule has 5 rings (SSSR count). The summed E-state index contributed by atoms with van der Waals surface area (Å²) in [7, 11) is 0. The summed E-state index contributed by atoms with van der Waals surface area (Å²) in [5.74, 6) is 0.394. The second-order valence-electron chi connectivity index (χ2n) is 7.53. The molecule has 0 aliphatic heterocycles. The van der Waals surface area contributed by atoms with E-state index in [0.717, 1.165) is 26.6 Å². The average molecular weight is 484 g/mol. The maximum atomic E-state index is 11.6. The summed E-state index contributed by atoms with van der Waals surface area (Å²) < 4.78 is 0. The van der Waals surface area contributed by atoms with Gasteiger partial charge in [0.25, 0.3) is 5.69 Å². The normalized spacial score (nSPS) is 10.9. The second-order valence-corrected chi connectivity index (χ2v) is 9.12. The van der Waals surface area contributed by atoms with Gasteiger partial charge in [-0.15, -0.1) is 0 Å². The zero-order chi connectivity index (χ0) is 23.5. The molecule has 0 unspecified atom stereocenters. The molecule has 7 heteroatoms. The molecule has 0 aliphatic carbocycles. The van der Waals surface area contributed by atoms with Crippen molar-refractivity contribution in [2.24, 2.45) is 0 Å². The number of hydrogen-bond donors (Lipinski definition) is 1. The van der Waals surface area contributed by atoms with Crippen LogP contribution in [-0.2, 0) is 0 Å². The summed E-state index contributed by atoms with van der Waals surface area (Å²) in [4.78, 5) is 21.6. The van der Waals surface area contributed by atoms with Gasteiger partial charge in [0.05, 0.1) is 21.9 Å². The van der Waals surface area contributed by atoms with Crippen LogP contribution in [0, 0.1) is 10.1 Å². The van der Waals surface area contributed by atoms with Crippen molar-refractivity contribution in [2.45, 2.75) is 9.79 Å². The van der Waals surface area contributed by atoms with Crippen molar-refractivity contribution in [3.8, 4) is 33.9 Å². The number of hydrogen-bond acceptors (Lipinski definition) is 4. The van der Waals surface area contributed by atoms with Crippen LogP contribution in [0.4, 0.5) is 5.69 Å². The highest BCUT2D eigenvalue weighted by molar-refractivity contribution is 7.99. The summed E-state index contributed by atoms with van der Waals surface area (Å²) in [5.41, 5.74) is 3.63. The first-order chi connectivity index (χ1) is 16.6. The number of halogens is 1. The highest BCUT2D eigenvalue weighted by Crippen LogP contribution is 2.37. The molecule has 166 valence electrons. The molecular weight excluding hydrogens is 466 g/mol. The van der Waals surface area contributed by atoms with E-state index in [9.17, 15) is 10.1 Å². The summed E-state index contributed by atoms with van der Waals surface area (Å²) in [6.45, 7) is 0. The molecular formula is C27H18ClN3O2S. The number of nitro benzene ring substituents is 1. The van der Waals surface area contributed by atoms with Crippen molar-refractivity contribution < 1.29 is 4.92 Å². The Morgan fingerprint density at radius 1 is 0.794 bits per heavy atom. The van der Waals surface area contributed by atoms with Gasteiger partial charge in [-0.05, 0) is 36.4 Å². The van der Waals surface area contributed by atoms with Crippen molar-refractivity contribution in [1.29, 1.82) is 0 Å². The molecule has 5 nitrogen and oxygen atoms in total. The first-order valence-electron chi connectivity index (χ1n) is 10.5. The van der Waals surface area contributed by atoms with Crippen molar-refractivity contribution in [1.82, 2.24) is 9.97 Å². The summed E-state index contributed by atoms with van der Waals surface area (Å²) >= 11 is 7.85.